The van der Waals surface area contributed by atoms with E-state index >= 15 is 0 Å². The van der Waals surface area contributed by atoms with E-state index in [0.29, 0.717) is 23.0 Å². The highest BCUT2D eigenvalue weighted by Crippen LogP contribution is 2.21. The lowest BCUT2D eigenvalue weighted by atomic mass is 10.1. The highest BCUT2D eigenvalue weighted by Gasteiger charge is 2.14. The molecule has 1 unspecified atom stereocenters. The van der Waals surface area contributed by atoms with Gasteiger partial charge in [0.15, 0.2) is 5.82 Å². The Morgan fingerprint density at radius 3 is 3.06 bits per heavy atom. The highest BCUT2D eigenvalue weighted by atomic mass is 16.5. The van der Waals surface area contributed by atoms with Crippen LogP contribution in [0.1, 0.15) is 37.6 Å². The van der Waals surface area contributed by atoms with Gasteiger partial charge in [-0.15, -0.1) is 0 Å². The van der Waals surface area contributed by atoms with Gasteiger partial charge in [-0.2, -0.15) is 10.2 Å². The number of aromatic nitrogens is 3. The fraction of sp³-hybridized carbons (Fsp3) is 0.364. The first kappa shape index (κ1) is 10.4. The van der Waals surface area contributed by atoms with Crippen molar-refractivity contribution in [2.24, 2.45) is 0 Å². The van der Waals surface area contributed by atoms with Gasteiger partial charge in [-0.05, 0) is 12.5 Å². The lowest BCUT2D eigenvalue weighted by molar-refractivity contribution is 0.415. The lowest BCUT2D eigenvalue weighted by Gasteiger charge is -1.98. The van der Waals surface area contributed by atoms with Crippen LogP contribution >= 0.6 is 0 Å². The Morgan fingerprint density at radius 2 is 2.44 bits per heavy atom. The van der Waals surface area contributed by atoms with Gasteiger partial charge in [0.25, 0.3) is 5.89 Å². The van der Waals surface area contributed by atoms with Gasteiger partial charge in [-0.1, -0.05) is 19.0 Å². The molecule has 0 aromatic carbocycles. The van der Waals surface area contributed by atoms with Gasteiger partial charge in [-0.3, -0.25) is 0 Å². The first-order valence-corrected chi connectivity index (χ1v) is 5.17. The van der Waals surface area contributed by atoms with Crippen LogP contribution in [0.3, 0.4) is 0 Å². The number of nitrogens with one attached hydrogen (secondary N) is 1. The van der Waals surface area contributed by atoms with Crippen LogP contribution in [-0.4, -0.2) is 15.1 Å². The lowest BCUT2D eigenvalue weighted by Crippen LogP contribution is -1.93. The zero-order valence-corrected chi connectivity index (χ0v) is 9.19. The van der Waals surface area contributed by atoms with E-state index in [2.05, 4.69) is 22.0 Å². The highest BCUT2D eigenvalue weighted by molar-refractivity contribution is 5.51. The monoisotopic (exact) mass is 216 g/mol. The molecule has 16 heavy (non-hydrogen) atoms. The Balaban J connectivity index is 2.28. The molecule has 2 aromatic rings. The summed E-state index contributed by atoms with van der Waals surface area (Å²) in [5.74, 6) is 1.41. The molecule has 0 amide bonds. The third-order valence-corrected chi connectivity index (χ3v) is 2.54. The van der Waals surface area contributed by atoms with Gasteiger partial charge in [0, 0.05) is 12.1 Å². The minimum Gasteiger partial charge on any atom is -0.356 e. The second kappa shape index (κ2) is 4.19. The third-order valence-electron chi connectivity index (χ3n) is 2.54. The van der Waals surface area contributed by atoms with Crippen LogP contribution in [0.15, 0.2) is 16.8 Å². The minimum atomic E-state index is 0.280. The Bertz CT molecular complexity index is 520. The normalized spacial score (nSPS) is 12.3. The number of aromatic amines is 1. The molecule has 2 heterocycles. The van der Waals surface area contributed by atoms with Gasteiger partial charge in [-0.25, -0.2) is 0 Å². The van der Waals surface area contributed by atoms with E-state index in [1.807, 2.05) is 13.0 Å². The van der Waals surface area contributed by atoms with E-state index in [1.165, 1.54) is 0 Å². The van der Waals surface area contributed by atoms with Crippen molar-refractivity contribution in [2.75, 3.05) is 0 Å². The Hall–Kier alpha value is -2.09. The van der Waals surface area contributed by atoms with Crippen molar-refractivity contribution < 1.29 is 4.52 Å². The molecule has 0 fully saturated rings. The summed E-state index contributed by atoms with van der Waals surface area (Å²) in [6, 6.07) is 3.73. The van der Waals surface area contributed by atoms with Gasteiger partial charge in [0.1, 0.15) is 11.8 Å². The summed E-state index contributed by atoms with van der Waals surface area (Å²) in [5, 5.41) is 12.6. The first-order chi connectivity index (χ1) is 7.74. The molecule has 0 bridgehead atoms. The number of H-pyrrole nitrogens is 1. The van der Waals surface area contributed by atoms with E-state index in [-0.39, 0.29) is 5.92 Å². The van der Waals surface area contributed by atoms with E-state index in [4.69, 9.17) is 9.78 Å². The van der Waals surface area contributed by atoms with Crippen molar-refractivity contribution in [1.82, 2.24) is 15.1 Å². The number of hydrogen-bond acceptors (Lipinski definition) is 4. The van der Waals surface area contributed by atoms with Gasteiger partial charge in [0.05, 0.1) is 5.56 Å². The molecule has 2 aromatic heterocycles. The molecule has 0 saturated carbocycles. The van der Waals surface area contributed by atoms with Crippen molar-refractivity contribution in [3.63, 3.8) is 0 Å². The van der Waals surface area contributed by atoms with Crippen molar-refractivity contribution >= 4 is 0 Å². The van der Waals surface area contributed by atoms with Crippen LogP contribution in [-0.2, 0) is 0 Å². The van der Waals surface area contributed by atoms with E-state index < -0.39 is 0 Å². The summed E-state index contributed by atoms with van der Waals surface area (Å²) in [6.45, 7) is 4.12. The topological polar surface area (TPSA) is 78.5 Å². The predicted molar refractivity (Wildman–Crippen MR) is 57.5 cm³/mol. The molecule has 1 atom stereocenters. The van der Waals surface area contributed by atoms with Crippen molar-refractivity contribution in [2.45, 2.75) is 26.2 Å². The first-order valence-electron chi connectivity index (χ1n) is 5.17. The summed E-state index contributed by atoms with van der Waals surface area (Å²) in [5.41, 5.74) is 1.23. The number of nitrogens with zero attached hydrogens (tertiary/aromatic N) is 3. The van der Waals surface area contributed by atoms with E-state index in [1.54, 1.807) is 12.3 Å². The quantitative estimate of drug-likeness (QED) is 0.854. The molecule has 0 aliphatic carbocycles. The number of hydrogen-bond donors (Lipinski definition) is 1. The molecular formula is C11H12N4O. The molecule has 0 radical (unpaired) electrons. The molecule has 1 N–H and O–H groups in total. The second-order valence-corrected chi connectivity index (χ2v) is 3.68. The maximum absolute atomic E-state index is 8.69. The summed E-state index contributed by atoms with van der Waals surface area (Å²) in [7, 11) is 0. The minimum absolute atomic E-state index is 0.280. The largest absolute Gasteiger partial charge is 0.356 e. The molecule has 82 valence electrons. The third kappa shape index (κ3) is 1.82. The van der Waals surface area contributed by atoms with Crippen molar-refractivity contribution in [3.8, 4) is 17.7 Å². The Kier molecular flexibility index (Phi) is 2.73. The molecule has 0 spiro atoms. The summed E-state index contributed by atoms with van der Waals surface area (Å²) < 4.78 is 5.13. The zero-order chi connectivity index (χ0) is 11.5. The number of nitriles is 1. The zero-order valence-electron chi connectivity index (χ0n) is 9.19. The molecule has 0 aliphatic rings. The average Bonchev–Trinajstić information content (AvgIpc) is 2.95. The van der Waals surface area contributed by atoms with Gasteiger partial charge >= 0.3 is 0 Å². The molecule has 5 nitrogen and oxygen atoms in total. The van der Waals surface area contributed by atoms with Crippen LogP contribution < -0.4 is 0 Å². The molecule has 2 rings (SSSR count). The van der Waals surface area contributed by atoms with E-state index in [9.17, 15) is 0 Å². The molecule has 0 aliphatic heterocycles. The van der Waals surface area contributed by atoms with Crippen LogP contribution in [0.2, 0.25) is 0 Å². The summed E-state index contributed by atoms with van der Waals surface area (Å²) >= 11 is 0. The maximum atomic E-state index is 8.69. The van der Waals surface area contributed by atoms with Crippen LogP contribution in [0.4, 0.5) is 0 Å². The standard InChI is InChI=1S/C11H12N4O/c1-3-7(2)10-14-11(16-15-10)9-4-8(5-12)6-13-9/h4,6-7,13H,3H2,1-2H3. The smallest absolute Gasteiger partial charge is 0.274 e. The van der Waals surface area contributed by atoms with Crippen LogP contribution in [0.5, 0.6) is 0 Å². The second-order valence-electron chi connectivity index (χ2n) is 3.68. The van der Waals surface area contributed by atoms with Crippen molar-refractivity contribution in [1.29, 1.82) is 5.26 Å². The predicted octanol–water partition coefficient (Wildman–Crippen LogP) is 2.45. The summed E-state index contributed by atoms with van der Waals surface area (Å²) in [4.78, 5) is 7.20. The Morgan fingerprint density at radius 1 is 1.62 bits per heavy atom. The van der Waals surface area contributed by atoms with Crippen LogP contribution in [0, 0.1) is 11.3 Å². The average molecular weight is 216 g/mol. The van der Waals surface area contributed by atoms with Crippen molar-refractivity contribution in [3.05, 3.63) is 23.7 Å². The Labute approximate surface area is 93.1 Å². The maximum Gasteiger partial charge on any atom is 0.274 e. The van der Waals surface area contributed by atoms with E-state index in [0.717, 1.165) is 6.42 Å². The SMILES string of the molecule is CCC(C)c1noc(-c2cc(C#N)c[nH]2)n1. The molecule has 0 saturated heterocycles. The molecular weight excluding hydrogens is 204 g/mol. The fourth-order valence-corrected chi connectivity index (χ4v) is 1.31. The fourth-order valence-electron chi connectivity index (χ4n) is 1.31. The summed E-state index contributed by atoms with van der Waals surface area (Å²) in [6.07, 6.45) is 2.58. The van der Waals surface area contributed by atoms with Crippen LogP contribution in [0.25, 0.3) is 11.6 Å². The molecule has 5 heteroatoms. The van der Waals surface area contributed by atoms with Gasteiger partial charge < -0.3 is 9.51 Å². The van der Waals surface area contributed by atoms with Gasteiger partial charge in [0.2, 0.25) is 0 Å². The number of rotatable bonds is 3.